The molecule has 3 heterocycles. The summed E-state index contributed by atoms with van der Waals surface area (Å²) in [7, 11) is -3.55. The average molecular weight is 467 g/mol. The van der Waals surface area contributed by atoms with Crippen molar-refractivity contribution in [2.45, 2.75) is 24.5 Å². The van der Waals surface area contributed by atoms with E-state index in [1.54, 1.807) is 30.6 Å². The highest BCUT2D eigenvalue weighted by Crippen LogP contribution is 2.33. The van der Waals surface area contributed by atoms with Crippen LogP contribution < -0.4 is 0 Å². The van der Waals surface area contributed by atoms with Crippen LogP contribution in [0.4, 0.5) is 0 Å². The summed E-state index contributed by atoms with van der Waals surface area (Å²) in [5.74, 6) is -0.173. The molecular formula is C27H22N4O2S. The zero-order valence-corrected chi connectivity index (χ0v) is 19.6. The smallest absolute Gasteiger partial charge is 0.184 e. The molecule has 0 fully saturated rings. The molecule has 0 N–H and O–H groups in total. The van der Waals surface area contributed by atoms with Crippen molar-refractivity contribution in [2.75, 3.05) is 0 Å². The van der Waals surface area contributed by atoms with E-state index in [0.717, 1.165) is 44.3 Å². The molecule has 6 nitrogen and oxygen atoms in total. The third-order valence-corrected chi connectivity index (χ3v) is 7.41. The summed E-state index contributed by atoms with van der Waals surface area (Å²) in [5, 5.41) is 1.72. The summed E-state index contributed by atoms with van der Waals surface area (Å²) in [4.78, 5) is 17.1. The Hall–Kier alpha value is -3.97. The lowest BCUT2D eigenvalue weighted by Gasteiger charge is -2.12. The predicted octanol–water partition coefficient (Wildman–Crippen LogP) is 5.34. The number of benzene rings is 2. The van der Waals surface area contributed by atoms with Gasteiger partial charge in [-0.2, -0.15) is 0 Å². The minimum atomic E-state index is -3.55. The predicted molar refractivity (Wildman–Crippen MR) is 133 cm³/mol. The summed E-state index contributed by atoms with van der Waals surface area (Å²) in [6.07, 6.45) is 8.32. The van der Waals surface area contributed by atoms with Crippen molar-refractivity contribution >= 4 is 20.6 Å². The molecule has 5 aromatic rings. The van der Waals surface area contributed by atoms with Crippen molar-refractivity contribution in [3.05, 3.63) is 103 Å². The van der Waals surface area contributed by atoms with Gasteiger partial charge in [-0.05, 0) is 66.3 Å². The third-order valence-electron chi connectivity index (χ3n) is 5.77. The number of fused-ring (bicyclic) bond motifs is 1. The van der Waals surface area contributed by atoms with Gasteiger partial charge in [-0.15, -0.1) is 0 Å². The summed E-state index contributed by atoms with van der Waals surface area (Å²) >= 11 is 0. The lowest BCUT2D eigenvalue weighted by molar-refractivity contribution is 0.594. The van der Waals surface area contributed by atoms with Crippen LogP contribution in [-0.2, 0) is 15.6 Å². The Morgan fingerprint density at radius 1 is 0.794 bits per heavy atom. The SMILES string of the molecule is Cc1cncc(-c2ccc(-c3nccc4cc(S(=O)(=O)Cc5ccncn5)ccc34)c(C)c2)c1. The molecule has 2 aromatic carbocycles. The van der Waals surface area contributed by atoms with Gasteiger partial charge in [0.15, 0.2) is 9.84 Å². The number of rotatable bonds is 5. The summed E-state index contributed by atoms with van der Waals surface area (Å²) < 4.78 is 25.9. The van der Waals surface area contributed by atoms with Gasteiger partial charge in [0.05, 0.1) is 22.0 Å². The number of hydrogen-bond acceptors (Lipinski definition) is 6. The lowest BCUT2D eigenvalue weighted by Crippen LogP contribution is -2.06. The van der Waals surface area contributed by atoms with Gasteiger partial charge in [-0.1, -0.05) is 24.3 Å². The number of hydrogen-bond donors (Lipinski definition) is 0. The highest BCUT2D eigenvalue weighted by Gasteiger charge is 2.18. The molecule has 0 aliphatic carbocycles. The largest absolute Gasteiger partial charge is 0.264 e. The molecule has 0 spiro atoms. The van der Waals surface area contributed by atoms with Crippen LogP contribution in [0.2, 0.25) is 0 Å². The van der Waals surface area contributed by atoms with Crippen LogP contribution in [-0.4, -0.2) is 28.4 Å². The second kappa shape index (κ2) is 8.76. The van der Waals surface area contributed by atoms with Crippen molar-refractivity contribution in [2.24, 2.45) is 0 Å². The van der Waals surface area contributed by atoms with Crippen LogP contribution >= 0.6 is 0 Å². The van der Waals surface area contributed by atoms with Gasteiger partial charge >= 0.3 is 0 Å². The van der Waals surface area contributed by atoms with Crippen LogP contribution in [0.25, 0.3) is 33.2 Å². The summed E-state index contributed by atoms with van der Waals surface area (Å²) in [6.45, 7) is 4.09. The fraction of sp³-hybridized carbons (Fsp3) is 0.111. The van der Waals surface area contributed by atoms with Gasteiger partial charge in [0.2, 0.25) is 0 Å². The maximum Gasteiger partial charge on any atom is 0.184 e. The zero-order chi connectivity index (χ0) is 23.7. The first-order valence-electron chi connectivity index (χ1n) is 10.8. The number of aromatic nitrogens is 4. The molecule has 168 valence electrons. The second-order valence-electron chi connectivity index (χ2n) is 8.28. The lowest BCUT2D eigenvalue weighted by atomic mass is 9.96. The van der Waals surface area contributed by atoms with Gasteiger partial charge in [-0.25, -0.2) is 18.4 Å². The Morgan fingerprint density at radius 3 is 2.44 bits per heavy atom. The quantitative estimate of drug-likeness (QED) is 0.347. The Bertz CT molecular complexity index is 1620. The molecule has 0 amide bonds. The Balaban J connectivity index is 1.53. The van der Waals surface area contributed by atoms with Crippen LogP contribution in [0.3, 0.4) is 0 Å². The van der Waals surface area contributed by atoms with E-state index in [1.807, 2.05) is 31.5 Å². The number of aryl methyl sites for hydroxylation is 2. The van der Waals surface area contributed by atoms with Crippen molar-refractivity contribution in [3.8, 4) is 22.4 Å². The molecule has 0 radical (unpaired) electrons. The molecule has 0 bridgehead atoms. The van der Waals surface area contributed by atoms with Gasteiger partial charge < -0.3 is 0 Å². The van der Waals surface area contributed by atoms with E-state index < -0.39 is 9.84 Å². The van der Waals surface area contributed by atoms with Gasteiger partial charge in [0.25, 0.3) is 0 Å². The Morgan fingerprint density at radius 2 is 1.68 bits per heavy atom. The molecular weight excluding hydrogens is 444 g/mol. The Kier molecular flexibility index (Phi) is 5.63. The zero-order valence-electron chi connectivity index (χ0n) is 18.8. The maximum absolute atomic E-state index is 13.0. The molecule has 0 atom stereocenters. The van der Waals surface area contributed by atoms with E-state index in [-0.39, 0.29) is 10.6 Å². The molecule has 0 aliphatic rings. The van der Waals surface area contributed by atoms with E-state index in [2.05, 4.69) is 51.1 Å². The number of nitrogens with zero attached hydrogens (tertiary/aromatic N) is 4. The van der Waals surface area contributed by atoms with Gasteiger partial charge in [0, 0.05) is 41.3 Å². The van der Waals surface area contributed by atoms with Gasteiger partial charge in [-0.3, -0.25) is 9.97 Å². The van der Waals surface area contributed by atoms with E-state index >= 15 is 0 Å². The standard InChI is InChI=1S/C27H22N4O2S/c1-18-11-22(15-29-14-18)20-3-5-25(19(2)12-20)27-26-6-4-24(13-21(26)7-10-30-27)34(32,33)16-23-8-9-28-17-31-23/h3-15,17H,16H2,1-2H3. The molecule has 0 aliphatic heterocycles. The van der Waals surface area contributed by atoms with E-state index in [9.17, 15) is 8.42 Å². The average Bonchev–Trinajstić information content (AvgIpc) is 2.84. The van der Waals surface area contributed by atoms with Crippen molar-refractivity contribution in [1.82, 2.24) is 19.9 Å². The molecule has 7 heteroatoms. The normalized spacial score (nSPS) is 11.6. The van der Waals surface area contributed by atoms with E-state index in [0.29, 0.717) is 5.69 Å². The van der Waals surface area contributed by atoms with Crippen LogP contribution in [0.15, 0.2) is 90.6 Å². The minimum Gasteiger partial charge on any atom is -0.264 e. The van der Waals surface area contributed by atoms with Crippen molar-refractivity contribution in [3.63, 3.8) is 0 Å². The molecule has 0 saturated carbocycles. The van der Waals surface area contributed by atoms with Crippen LogP contribution in [0.1, 0.15) is 16.8 Å². The molecule has 3 aromatic heterocycles. The van der Waals surface area contributed by atoms with Crippen LogP contribution in [0.5, 0.6) is 0 Å². The first kappa shape index (κ1) is 21.9. The van der Waals surface area contributed by atoms with E-state index in [1.165, 1.54) is 6.33 Å². The molecule has 0 unspecified atom stereocenters. The Labute approximate surface area is 198 Å². The molecule has 5 rings (SSSR count). The monoisotopic (exact) mass is 466 g/mol. The topological polar surface area (TPSA) is 85.7 Å². The van der Waals surface area contributed by atoms with E-state index in [4.69, 9.17) is 0 Å². The highest BCUT2D eigenvalue weighted by molar-refractivity contribution is 7.90. The second-order valence-corrected chi connectivity index (χ2v) is 10.3. The minimum absolute atomic E-state index is 0.173. The number of sulfone groups is 1. The van der Waals surface area contributed by atoms with Gasteiger partial charge in [0.1, 0.15) is 6.33 Å². The molecule has 0 saturated heterocycles. The molecule has 34 heavy (non-hydrogen) atoms. The fourth-order valence-corrected chi connectivity index (χ4v) is 5.38. The highest BCUT2D eigenvalue weighted by atomic mass is 32.2. The van der Waals surface area contributed by atoms with Crippen molar-refractivity contribution < 1.29 is 8.42 Å². The van der Waals surface area contributed by atoms with Crippen molar-refractivity contribution in [1.29, 1.82) is 0 Å². The maximum atomic E-state index is 13.0. The first-order chi connectivity index (χ1) is 16.4. The third kappa shape index (κ3) is 4.30. The number of pyridine rings is 2. The first-order valence-corrected chi connectivity index (χ1v) is 12.5. The fourth-order valence-electron chi connectivity index (χ4n) is 4.07. The van der Waals surface area contributed by atoms with Crippen LogP contribution in [0, 0.1) is 13.8 Å². The summed E-state index contributed by atoms with van der Waals surface area (Å²) in [5.41, 5.74) is 6.65. The summed E-state index contributed by atoms with van der Waals surface area (Å²) in [6, 6.07) is 17.0.